The van der Waals surface area contributed by atoms with E-state index >= 15 is 0 Å². The Bertz CT molecular complexity index is 1080. The van der Waals surface area contributed by atoms with Crippen molar-refractivity contribution in [2.75, 3.05) is 14.2 Å². The first-order chi connectivity index (χ1) is 13.6. The Kier molecular flexibility index (Phi) is 4.74. The van der Waals surface area contributed by atoms with Crippen LogP contribution in [0.2, 0.25) is 0 Å². The van der Waals surface area contributed by atoms with Crippen LogP contribution in [0.15, 0.2) is 42.5 Å². The van der Waals surface area contributed by atoms with Gasteiger partial charge in [-0.1, -0.05) is 18.2 Å². The highest BCUT2D eigenvalue weighted by molar-refractivity contribution is 6.05. The summed E-state index contributed by atoms with van der Waals surface area (Å²) in [4.78, 5) is 16.9. The minimum atomic E-state index is -0.904. The van der Waals surface area contributed by atoms with Crippen LogP contribution in [0.5, 0.6) is 11.5 Å². The number of para-hydroxylation sites is 1. The molecule has 3 aromatic rings. The predicted octanol–water partition coefficient (Wildman–Crippen LogP) is 4.83. The number of hydrogen-bond donors (Lipinski definition) is 1. The van der Waals surface area contributed by atoms with Crippen molar-refractivity contribution in [3.05, 3.63) is 64.8 Å². The number of carboxylic acids is 1. The second-order valence-corrected chi connectivity index (χ2v) is 6.81. The zero-order valence-electron chi connectivity index (χ0n) is 15.9. The standard InChI is InChI=1S/C23H21NO4/c1-27-16-11-14(12-17(13-16)28-2)10-15-6-5-8-19-21(23(25)26)18-7-3-4-9-20(18)24-22(15)19/h3-4,7,9-13H,5-6,8H2,1-2H3,(H,25,26). The SMILES string of the molecule is COc1cc(C=C2CCCc3c2nc2ccccc2c3C(=O)O)cc(OC)c1. The first-order valence-electron chi connectivity index (χ1n) is 9.19. The van der Waals surface area contributed by atoms with Crippen LogP contribution in [-0.4, -0.2) is 30.3 Å². The van der Waals surface area contributed by atoms with Gasteiger partial charge in [-0.25, -0.2) is 9.78 Å². The number of rotatable bonds is 4. The summed E-state index contributed by atoms with van der Waals surface area (Å²) in [6.07, 6.45) is 4.50. The Labute approximate surface area is 163 Å². The lowest BCUT2D eigenvalue weighted by Crippen LogP contribution is -2.13. The van der Waals surface area contributed by atoms with Crippen LogP contribution >= 0.6 is 0 Å². The van der Waals surface area contributed by atoms with Crippen LogP contribution in [-0.2, 0) is 6.42 Å². The van der Waals surface area contributed by atoms with Gasteiger partial charge in [-0.15, -0.1) is 0 Å². The number of benzene rings is 2. The first-order valence-corrected chi connectivity index (χ1v) is 9.19. The molecular formula is C23H21NO4. The van der Waals surface area contributed by atoms with Crippen LogP contribution in [0, 0.1) is 0 Å². The Morgan fingerprint density at radius 3 is 2.46 bits per heavy atom. The monoisotopic (exact) mass is 375 g/mol. The smallest absolute Gasteiger partial charge is 0.336 e. The number of aromatic nitrogens is 1. The van der Waals surface area contributed by atoms with Crippen molar-refractivity contribution < 1.29 is 19.4 Å². The highest BCUT2D eigenvalue weighted by Crippen LogP contribution is 2.36. The van der Waals surface area contributed by atoms with Gasteiger partial charge in [-0.05, 0) is 60.2 Å². The lowest BCUT2D eigenvalue weighted by molar-refractivity contribution is 0.0697. The number of hydrogen-bond acceptors (Lipinski definition) is 4. The summed E-state index contributed by atoms with van der Waals surface area (Å²) in [7, 11) is 3.24. The van der Waals surface area contributed by atoms with E-state index in [1.807, 2.05) is 42.5 Å². The number of aromatic carboxylic acids is 1. The zero-order chi connectivity index (χ0) is 19.7. The van der Waals surface area contributed by atoms with Gasteiger partial charge in [0.2, 0.25) is 0 Å². The van der Waals surface area contributed by atoms with Crippen molar-refractivity contribution in [1.82, 2.24) is 4.98 Å². The molecule has 0 unspecified atom stereocenters. The third-order valence-corrected chi connectivity index (χ3v) is 5.10. The highest BCUT2D eigenvalue weighted by Gasteiger charge is 2.24. The molecule has 1 heterocycles. The number of nitrogens with zero attached hydrogens (tertiary/aromatic N) is 1. The molecule has 28 heavy (non-hydrogen) atoms. The fourth-order valence-corrected chi connectivity index (χ4v) is 3.83. The Hall–Kier alpha value is -3.34. The van der Waals surface area contributed by atoms with Gasteiger partial charge in [-0.2, -0.15) is 0 Å². The molecular weight excluding hydrogens is 354 g/mol. The fourth-order valence-electron chi connectivity index (χ4n) is 3.83. The molecule has 0 radical (unpaired) electrons. The molecule has 0 atom stereocenters. The molecule has 1 aliphatic rings. The molecule has 5 nitrogen and oxygen atoms in total. The van der Waals surface area contributed by atoms with Crippen molar-refractivity contribution in [1.29, 1.82) is 0 Å². The molecule has 0 bridgehead atoms. The normalized spacial score (nSPS) is 14.7. The third kappa shape index (κ3) is 3.20. The molecule has 142 valence electrons. The highest BCUT2D eigenvalue weighted by atomic mass is 16.5. The molecule has 2 aromatic carbocycles. The fraction of sp³-hybridized carbons (Fsp3) is 0.217. The van der Waals surface area contributed by atoms with E-state index in [0.717, 1.165) is 35.2 Å². The Morgan fingerprint density at radius 1 is 1.07 bits per heavy atom. The lowest BCUT2D eigenvalue weighted by atomic mass is 9.86. The molecule has 0 saturated heterocycles. The second kappa shape index (κ2) is 7.35. The van der Waals surface area contributed by atoms with E-state index in [9.17, 15) is 9.90 Å². The quantitative estimate of drug-likeness (QED) is 0.707. The number of pyridine rings is 1. The molecule has 5 heteroatoms. The number of allylic oxidation sites excluding steroid dienone is 1. The van der Waals surface area contributed by atoms with Crippen LogP contribution in [0.1, 0.15) is 40.0 Å². The van der Waals surface area contributed by atoms with E-state index in [-0.39, 0.29) is 0 Å². The van der Waals surface area contributed by atoms with Gasteiger partial charge in [0.25, 0.3) is 0 Å². The van der Waals surface area contributed by atoms with Crippen molar-refractivity contribution in [2.45, 2.75) is 19.3 Å². The summed E-state index contributed by atoms with van der Waals surface area (Å²) in [5.74, 6) is 0.513. The average molecular weight is 375 g/mol. The molecule has 1 aliphatic carbocycles. The van der Waals surface area contributed by atoms with Crippen LogP contribution in [0.3, 0.4) is 0 Å². The van der Waals surface area contributed by atoms with Crippen molar-refractivity contribution in [3.63, 3.8) is 0 Å². The maximum atomic E-state index is 12.0. The molecule has 0 spiro atoms. The number of methoxy groups -OCH3 is 2. The minimum Gasteiger partial charge on any atom is -0.497 e. The average Bonchev–Trinajstić information content (AvgIpc) is 2.71. The van der Waals surface area contributed by atoms with E-state index in [1.165, 1.54) is 0 Å². The summed E-state index contributed by atoms with van der Waals surface area (Å²) in [6.45, 7) is 0. The summed E-state index contributed by atoms with van der Waals surface area (Å²) in [5.41, 5.74) is 4.64. The van der Waals surface area contributed by atoms with E-state index < -0.39 is 5.97 Å². The van der Waals surface area contributed by atoms with Gasteiger partial charge in [-0.3, -0.25) is 0 Å². The van der Waals surface area contributed by atoms with E-state index in [4.69, 9.17) is 14.5 Å². The van der Waals surface area contributed by atoms with Crippen LogP contribution in [0.25, 0.3) is 22.6 Å². The molecule has 0 amide bonds. The first kappa shape index (κ1) is 18.0. The van der Waals surface area contributed by atoms with Crippen molar-refractivity contribution in [3.8, 4) is 11.5 Å². The largest absolute Gasteiger partial charge is 0.497 e. The number of carbonyl (C=O) groups is 1. The maximum absolute atomic E-state index is 12.0. The zero-order valence-corrected chi connectivity index (χ0v) is 15.9. The van der Waals surface area contributed by atoms with Gasteiger partial charge < -0.3 is 14.6 Å². The Balaban J connectivity index is 1.92. The molecule has 1 aromatic heterocycles. The summed E-state index contributed by atoms with van der Waals surface area (Å²) < 4.78 is 10.7. The molecule has 0 saturated carbocycles. The third-order valence-electron chi connectivity index (χ3n) is 5.10. The van der Waals surface area contributed by atoms with E-state index in [0.29, 0.717) is 34.4 Å². The van der Waals surface area contributed by atoms with Gasteiger partial charge in [0.1, 0.15) is 11.5 Å². The van der Waals surface area contributed by atoms with E-state index in [1.54, 1.807) is 14.2 Å². The molecule has 4 rings (SSSR count). The summed E-state index contributed by atoms with van der Waals surface area (Å²) >= 11 is 0. The minimum absolute atomic E-state index is 0.370. The van der Waals surface area contributed by atoms with E-state index in [2.05, 4.69) is 6.08 Å². The van der Waals surface area contributed by atoms with Crippen LogP contribution < -0.4 is 9.47 Å². The summed E-state index contributed by atoms with van der Waals surface area (Å²) in [5, 5.41) is 10.6. The van der Waals surface area contributed by atoms with Crippen LogP contribution in [0.4, 0.5) is 0 Å². The lowest BCUT2D eigenvalue weighted by Gasteiger charge is -2.21. The van der Waals surface area contributed by atoms with Crippen molar-refractivity contribution >= 4 is 28.5 Å². The van der Waals surface area contributed by atoms with Crippen molar-refractivity contribution in [2.24, 2.45) is 0 Å². The van der Waals surface area contributed by atoms with Gasteiger partial charge >= 0.3 is 5.97 Å². The Morgan fingerprint density at radius 2 is 1.79 bits per heavy atom. The van der Waals surface area contributed by atoms with Gasteiger partial charge in [0.05, 0.1) is 31.0 Å². The number of fused-ring (bicyclic) bond motifs is 2. The van der Waals surface area contributed by atoms with Gasteiger partial charge in [0.15, 0.2) is 0 Å². The molecule has 0 fully saturated rings. The summed E-state index contributed by atoms with van der Waals surface area (Å²) in [6, 6.07) is 13.1. The topological polar surface area (TPSA) is 68.7 Å². The number of ether oxygens (including phenoxy) is 2. The number of carboxylic acid groups (broad SMARTS) is 1. The predicted molar refractivity (Wildman–Crippen MR) is 109 cm³/mol. The molecule has 0 aliphatic heterocycles. The maximum Gasteiger partial charge on any atom is 0.336 e. The molecule has 1 N–H and O–H groups in total. The van der Waals surface area contributed by atoms with Gasteiger partial charge in [0, 0.05) is 11.5 Å². The second-order valence-electron chi connectivity index (χ2n) is 6.81.